The second-order valence-electron chi connectivity index (χ2n) is 5.20. The lowest BCUT2D eigenvalue weighted by atomic mass is 10.1. The zero-order chi connectivity index (χ0) is 14.1. The number of hydrogen-bond donors (Lipinski definition) is 1. The summed E-state index contributed by atoms with van der Waals surface area (Å²) in [5.41, 5.74) is 3.71. The van der Waals surface area contributed by atoms with Gasteiger partial charge >= 0.3 is 0 Å². The van der Waals surface area contributed by atoms with Crippen molar-refractivity contribution in [3.63, 3.8) is 0 Å². The lowest BCUT2D eigenvalue weighted by Gasteiger charge is -2.14. The van der Waals surface area contributed by atoms with Gasteiger partial charge in [-0.15, -0.1) is 0 Å². The molecule has 1 unspecified atom stereocenters. The van der Waals surface area contributed by atoms with Crippen LogP contribution in [0.15, 0.2) is 41.3 Å². The zero-order valence-corrected chi connectivity index (χ0v) is 12.2. The number of halogens is 1. The van der Waals surface area contributed by atoms with E-state index in [0.717, 1.165) is 23.6 Å². The molecule has 1 heterocycles. The number of rotatable bonds is 3. The summed E-state index contributed by atoms with van der Waals surface area (Å²) in [7, 11) is 0. The van der Waals surface area contributed by atoms with E-state index in [1.807, 2.05) is 31.3 Å². The molecule has 0 saturated heterocycles. The van der Waals surface area contributed by atoms with Crippen molar-refractivity contribution in [2.24, 2.45) is 0 Å². The maximum atomic E-state index is 11.6. The molecule has 1 aliphatic carbocycles. The molecule has 1 N–H and O–H groups in total. The van der Waals surface area contributed by atoms with E-state index in [1.165, 1.54) is 11.1 Å². The summed E-state index contributed by atoms with van der Waals surface area (Å²) in [5.74, 6) is 0. The Morgan fingerprint density at radius 2 is 2.05 bits per heavy atom. The Labute approximate surface area is 123 Å². The first kappa shape index (κ1) is 13.3. The van der Waals surface area contributed by atoms with Gasteiger partial charge in [-0.05, 0) is 49.1 Å². The summed E-state index contributed by atoms with van der Waals surface area (Å²) in [6.07, 6.45) is 3.86. The molecule has 3 nitrogen and oxygen atoms in total. The summed E-state index contributed by atoms with van der Waals surface area (Å²) in [6, 6.07) is 9.93. The molecule has 2 aromatic rings. The van der Waals surface area contributed by atoms with E-state index in [-0.39, 0.29) is 5.56 Å². The fraction of sp³-hybridized carbons (Fsp3) is 0.312. The van der Waals surface area contributed by atoms with Crippen LogP contribution >= 0.6 is 11.6 Å². The van der Waals surface area contributed by atoms with Crippen LogP contribution in [0, 0.1) is 0 Å². The second-order valence-corrected chi connectivity index (χ2v) is 5.64. The topological polar surface area (TPSA) is 34.0 Å². The zero-order valence-electron chi connectivity index (χ0n) is 11.4. The Kier molecular flexibility index (Phi) is 3.53. The van der Waals surface area contributed by atoms with E-state index in [1.54, 1.807) is 10.6 Å². The fourth-order valence-corrected chi connectivity index (χ4v) is 2.98. The Hall–Kier alpha value is -1.74. The summed E-state index contributed by atoms with van der Waals surface area (Å²) >= 11 is 6.03. The molecule has 0 amide bonds. The third-order valence-corrected chi connectivity index (χ3v) is 4.03. The van der Waals surface area contributed by atoms with Gasteiger partial charge in [0.2, 0.25) is 0 Å². The number of aromatic nitrogens is 1. The molecule has 0 fully saturated rings. The smallest absolute Gasteiger partial charge is 0.250 e. The molecule has 0 saturated carbocycles. The summed E-state index contributed by atoms with van der Waals surface area (Å²) in [4.78, 5) is 11.6. The first-order valence-corrected chi connectivity index (χ1v) is 7.28. The van der Waals surface area contributed by atoms with E-state index in [2.05, 4.69) is 11.4 Å². The van der Waals surface area contributed by atoms with Crippen molar-refractivity contribution in [2.45, 2.75) is 32.4 Å². The standard InChI is InChI=1S/C16H17ClN2O/c1-2-19-10-14(5-6-16(19)20)18-15-8-11-3-4-13(17)7-12(11)9-15/h3-7,10,15,18H,2,8-9H2,1H3. The molecule has 0 radical (unpaired) electrons. The van der Waals surface area contributed by atoms with Crippen LogP contribution in [-0.4, -0.2) is 10.6 Å². The molecule has 0 spiro atoms. The van der Waals surface area contributed by atoms with Gasteiger partial charge in [-0.25, -0.2) is 0 Å². The number of benzene rings is 1. The largest absolute Gasteiger partial charge is 0.380 e. The highest BCUT2D eigenvalue weighted by atomic mass is 35.5. The summed E-state index contributed by atoms with van der Waals surface area (Å²) < 4.78 is 1.71. The van der Waals surface area contributed by atoms with Gasteiger partial charge in [-0.3, -0.25) is 4.79 Å². The first-order valence-electron chi connectivity index (χ1n) is 6.90. The third kappa shape index (κ3) is 2.59. The molecule has 0 aliphatic heterocycles. The van der Waals surface area contributed by atoms with Gasteiger partial charge in [-0.2, -0.15) is 0 Å². The van der Waals surface area contributed by atoms with Gasteiger partial charge < -0.3 is 9.88 Å². The Bertz CT molecular complexity index is 693. The molecular weight excluding hydrogens is 272 g/mol. The Morgan fingerprint density at radius 3 is 2.85 bits per heavy atom. The predicted molar refractivity (Wildman–Crippen MR) is 82.6 cm³/mol. The van der Waals surface area contributed by atoms with E-state index >= 15 is 0 Å². The van der Waals surface area contributed by atoms with Gasteiger partial charge in [-0.1, -0.05) is 17.7 Å². The predicted octanol–water partition coefficient (Wildman–Crippen LogP) is 3.10. The SMILES string of the molecule is CCn1cc(NC2Cc3ccc(Cl)cc3C2)ccc1=O. The number of aryl methyl sites for hydroxylation is 1. The van der Waals surface area contributed by atoms with Crippen LogP contribution in [0.4, 0.5) is 5.69 Å². The van der Waals surface area contributed by atoms with Crippen molar-refractivity contribution in [3.8, 4) is 0 Å². The molecule has 0 bridgehead atoms. The minimum atomic E-state index is 0.0412. The van der Waals surface area contributed by atoms with Crippen LogP contribution in [0.2, 0.25) is 5.02 Å². The van der Waals surface area contributed by atoms with Crippen LogP contribution in [0.1, 0.15) is 18.1 Å². The van der Waals surface area contributed by atoms with Crippen LogP contribution < -0.4 is 10.9 Å². The highest BCUT2D eigenvalue weighted by Gasteiger charge is 2.21. The van der Waals surface area contributed by atoms with Crippen molar-refractivity contribution in [1.82, 2.24) is 4.57 Å². The normalized spacial score (nSPS) is 17.0. The molecule has 1 aromatic carbocycles. The Morgan fingerprint density at radius 1 is 1.25 bits per heavy atom. The average molecular weight is 289 g/mol. The molecule has 1 aromatic heterocycles. The van der Waals surface area contributed by atoms with Gasteiger partial charge in [0.1, 0.15) is 0 Å². The van der Waals surface area contributed by atoms with E-state index in [0.29, 0.717) is 12.6 Å². The average Bonchev–Trinajstić information content (AvgIpc) is 2.82. The number of anilines is 1. The Balaban J connectivity index is 1.76. The molecule has 1 atom stereocenters. The number of fused-ring (bicyclic) bond motifs is 1. The lowest BCUT2D eigenvalue weighted by molar-refractivity contribution is 0.720. The molecule has 20 heavy (non-hydrogen) atoms. The van der Waals surface area contributed by atoms with Crippen molar-refractivity contribution in [1.29, 1.82) is 0 Å². The minimum Gasteiger partial charge on any atom is -0.380 e. The summed E-state index contributed by atoms with van der Waals surface area (Å²) in [5, 5.41) is 4.30. The van der Waals surface area contributed by atoms with Crippen LogP contribution in [-0.2, 0) is 19.4 Å². The molecule has 3 rings (SSSR count). The van der Waals surface area contributed by atoms with E-state index in [4.69, 9.17) is 11.6 Å². The van der Waals surface area contributed by atoms with Gasteiger partial charge in [0, 0.05) is 29.9 Å². The third-order valence-electron chi connectivity index (χ3n) is 3.80. The fourth-order valence-electron chi connectivity index (χ4n) is 2.79. The molecular formula is C16H17ClN2O. The monoisotopic (exact) mass is 288 g/mol. The maximum absolute atomic E-state index is 11.6. The maximum Gasteiger partial charge on any atom is 0.250 e. The highest BCUT2D eigenvalue weighted by molar-refractivity contribution is 6.30. The number of nitrogens with zero attached hydrogens (tertiary/aromatic N) is 1. The first-order chi connectivity index (χ1) is 9.65. The van der Waals surface area contributed by atoms with Crippen molar-refractivity contribution in [2.75, 3.05) is 5.32 Å². The number of pyridine rings is 1. The van der Waals surface area contributed by atoms with Crippen LogP contribution in [0.25, 0.3) is 0 Å². The molecule has 1 aliphatic rings. The van der Waals surface area contributed by atoms with Crippen LogP contribution in [0.3, 0.4) is 0 Å². The minimum absolute atomic E-state index is 0.0412. The van der Waals surface area contributed by atoms with Crippen molar-refractivity contribution in [3.05, 3.63) is 63.0 Å². The van der Waals surface area contributed by atoms with Crippen LogP contribution in [0.5, 0.6) is 0 Å². The molecule has 104 valence electrons. The van der Waals surface area contributed by atoms with Crippen molar-refractivity contribution >= 4 is 17.3 Å². The lowest BCUT2D eigenvalue weighted by Crippen LogP contribution is -2.23. The highest BCUT2D eigenvalue weighted by Crippen LogP contribution is 2.27. The second kappa shape index (κ2) is 5.33. The van der Waals surface area contributed by atoms with E-state index < -0.39 is 0 Å². The molecule has 4 heteroatoms. The van der Waals surface area contributed by atoms with Gasteiger partial charge in [0.05, 0.1) is 5.69 Å². The quantitative estimate of drug-likeness (QED) is 0.942. The van der Waals surface area contributed by atoms with Gasteiger partial charge in [0.15, 0.2) is 0 Å². The van der Waals surface area contributed by atoms with Gasteiger partial charge in [0.25, 0.3) is 5.56 Å². The summed E-state index contributed by atoms with van der Waals surface area (Å²) in [6.45, 7) is 2.66. The number of nitrogens with one attached hydrogen (secondary N) is 1. The van der Waals surface area contributed by atoms with Crippen molar-refractivity contribution < 1.29 is 0 Å². The number of hydrogen-bond acceptors (Lipinski definition) is 2. The van der Waals surface area contributed by atoms with E-state index in [9.17, 15) is 4.79 Å².